The minimum Gasteiger partial charge on any atom is -0.368 e. The lowest BCUT2D eigenvalue weighted by Gasteiger charge is -2.36. The highest BCUT2D eigenvalue weighted by molar-refractivity contribution is 6.30. The first-order valence-electron chi connectivity index (χ1n) is 10.4. The molecule has 2 aromatic carbocycles. The summed E-state index contributed by atoms with van der Waals surface area (Å²) in [6, 6.07) is 13.6. The summed E-state index contributed by atoms with van der Waals surface area (Å²) in [5, 5.41) is 0.650. The summed E-state index contributed by atoms with van der Waals surface area (Å²) in [5.74, 6) is -0.0208. The van der Waals surface area contributed by atoms with Crippen LogP contribution in [-0.2, 0) is 11.2 Å². The van der Waals surface area contributed by atoms with Gasteiger partial charge < -0.3 is 10.6 Å². The number of halogens is 2. The molecule has 0 radical (unpaired) electrons. The fourth-order valence-corrected chi connectivity index (χ4v) is 4.20. The molecule has 31 heavy (non-hydrogen) atoms. The van der Waals surface area contributed by atoms with Crippen LogP contribution >= 0.6 is 11.6 Å². The molecule has 1 fully saturated rings. The lowest BCUT2D eigenvalue weighted by Crippen LogP contribution is -2.39. The smallest absolute Gasteiger partial charge is 0.223 e. The molecule has 0 bridgehead atoms. The number of likely N-dealkylation sites (tertiary alicyclic amines) is 1. The molecule has 1 aliphatic heterocycles. The standard InChI is InChI=1S/C24H24ClFN4O/c25-18-9-7-17(8-10-18)20-15-28-24(27)29-23(20)21-3-1-2-14-30(21)22(31)13-6-16-4-11-19(26)12-5-16/h4-5,7-12,15,21H,1-3,6,13-14H2,(H2,27,28,29). The Labute approximate surface area is 186 Å². The van der Waals surface area contributed by atoms with E-state index in [1.807, 2.05) is 29.2 Å². The number of amides is 1. The van der Waals surface area contributed by atoms with E-state index in [2.05, 4.69) is 9.97 Å². The molecule has 0 aliphatic carbocycles. The number of benzene rings is 2. The highest BCUT2D eigenvalue weighted by atomic mass is 35.5. The van der Waals surface area contributed by atoms with E-state index < -0.39 is 0 Å². The Morgan fingerprint density at radius 3 is 2.61 bits per heavy atom. The van der Waals surface area contributed by atoms with E-state index in [4.69, 9.17) is 17.3 Å². The Morgan fingerprint density at radius 1 is 1.13 bits per heavy atom. The van der Waals surface area contributed by atoms with Gasteiger partial charge in [-0.15, -0.1) is 0 Å². The quantitative estimate of drug-likeness (QED) is 0.593. The number of aromatic nitrogens is 2. The van der Waals surface area contributed by atoms with Crippen molar-refractivity contribution in [2.75, 3.05) is 12.3 Å². The number of hydrogen-bond acceptors (Lipinski definition) is 4. The van der Waals surface area contributed by atoms with Gasteiger partial charge in [-0.05, 0) is 61.1 Å². The van der Waals surface area contributed by atoms with Crippen molar-refractivity contribution < 1.29 is 9.18 Å². The monoisotopic (exact) mass is 438 g/mol. The van der Waals surface area contributed by atoms with Gasteiger partial charge >= 0.3 is 0 Å². The normalized spacial score (nSPS) is 16.3. The Balaban J connectivity index is 1.59. The zero-order valence-electron chi connectivity index (χ0n) is 17.1. The topological polar surface area (TPSA) is 72.1 Å². The van der Waals surface area contributed by atoms with Crippen molar-refractivity contribution in [1.82, 2.24) is 14.9 Å². The van der Waals surface area contributed by atoms with E-state index in [1.54, 1.807) is 18.3 Å². The first kappa shape index (κ1) is 21.2. The lowest BCUT2D eigenvalue weighted by molar-refractivity contribution is -0.135. The first-order valence-corrected chi connectivity index (χ1v) is 10.8. The predicted octanol–water partition coefficient (Wildman–Crippen LogP) is 5.20. The largest absolute Gasteiger partial charge is 0.368 e. The molecule has 2 heterocycles. The molecular formula is C24H24ClFN4O. The number of piperidine rings is 1. The Bertz CT molecular complexity index is 1060. The molecule has 7 heteroatoms. The van der Waals surface area contributed by atoms with Crippen molar-refractivity contribution in [3.8, 4) is 11.1 Å². The number of aryl methyl sites for hydroxylation is 1. The highest BCUT2D eigenvalue weighted by Gasteiger charge is 2.31. The molecule has 5 nitrogen and oxygen atoms in total. The van der Waals surface area contributed by atoms with Crippen LogP contribution in [0.4, 0.5) is 10.3 Å². The molecule has 2 N–H and O–H groups in total. The minimum atomic E-state index is -0.276. The van der Waals surface area contributed by atoms with Crippen LogP contribution in [-0.4, -0.2) is 27.3 Å². The number of carbonyl (C=O) groups is 1. The third-order valence-electron chi connectivity index (χ3n) is 5.67. The number of hydrogen-bond donors (Lipinski definition) is 1. The van der Waals surface area contributed by atoms with Gasteiger partial charge in [0.25, 0.3) is 0 Å². The Kier molecular flexibility index (Phi) is 6.47. The molecule has 0 spiro atoms. The van der Waals surface area contributed by atoms with Gasteiger partial charge in [-0.1, -0.05) is 35.9 Å². The molecule has 0 saturated carbocycles. The maximum Gasteiger partial charge on any atom is 0.223 e. The van der Waals surface area contributed by atoms with Crippen LogP contribution in [0.5, 0.6) is 0 Å². The zero-order chi connectivity index (χ0) is 21.8. The fourth-order valence-electron chi connectivity index (χ4n) is 4.08. The van der Waals surface area contributed by atoms with Crippen LogP contribution in [0, 0.1) is 5.82 Å². The molecule has 1 aliphatic rings. The molecule has 1 aromatic heterocycles. The van der Waals surface area contributed by atoms with Gasteiger partial charge in [0.05, 0.1) is 11.7 Å². The number of anilines is 1. The molecule has 3 aromatic rings. The van der Waals surface area contributed by atoms with Gasteiger partial charge in [0.1, 0.15) is 5.82 Å². The Hall–Kier alpha value is -2.99. The maximum absolute atomic E-state index is 13.2. The fraction of sp³-hybridized carbons (Fsp3) is 0.292. The van der Waals surface area contributed by atoms with Crippen LogP contribution in [0.15, 0.2) is 54.7 Å². The van der Waals surface area contributed by atoms with Crippen molar-refractivity contribution in [3.63, 3.8) is 0 Å². The molecule has 1 atom stereocenters. The van der Waals surface area contributed by atoms with E-state index in [0.29, 0.717) is 24.4 Å². The number of carbonyl (C=O) groups excluding carboxylic acids is 1. The second-order valence-corrected chi connectivity index (χ2v) is 8.20. The molecule has 1 unspecified atom stereocenters. The van der Waals surface area contributed by atoms with Crippen LogP contribution in [0.2, 0.25) is 5.02 Å². The second kappa shape index (κ2) is 9.43. The average molecular weight is 439 g/mol. The van der Waals surface area contributed by atoms with Crippen molar-refractivity contribution in [1.29, 1.82) is 0 Å². The van der Waals surface area contributed by atoms with Crippen molar-refractivity contribution in [3.05, 3.63) is 76.8 Å². The molecule has 4 rings (SSSR count). The van der Waals surface area contributed by atoms with E-state index in [0.717, 1.165) is 41.6 Å². The summed E-state index contributed by atoms with van der Waals surface area (Å²) in [4.78, 5) is 23.8. The SMILES string of the molecule is Nc1ncc(-c2ccc(Cl)cc2)c(C2CCCCN2C(=O)CCc2ccc(F)cc2)n1. The van der Waals surface area contributed by atoms with Gasteiger partial charge in [0.2, 0.25) is 11.9 Å². The van der Waals surface area contributed by atoms with E-state index >= 15 is 0 Å². The van der Waals surface area contributed by atoms with Gasteiger partial charge in [0, 0.05) is 29.7 Å². The van der Waals surface area contributed by atoms with E-state index in [9.17, 15) is 9.18 Å². The number of nitrogens with zero attached hydrogens (tertiary/aromatic N) is 3. The second-order valence-electron chi connectivity index (χ2n) is 7.76. The first-order chi connectivity index (χ1) is 15.0. The lowest BCUT2D eigenvalue weighted by atomic mass is 9.93. The molecule has 1 saturated heterocycles. The summed E-state index contributed by atoms with van der Waals surface area (Å²) < 4.78 is 13.1. The summed E-state index contributed by atoms with van der Waals surface area (Å²) in [5.41, 5.74) is 9.43. The van der Waals surface area contributed by atoms with Gasteiger partial charge in [-0.25, -0.2) is 14.4 Å². The van der Waals surface area contributed by atoms with Crippen LogP contribution in [0.25, 0.3) is 11.1 Å². The predicted molar refractivity (Wildman–Crippen MR) is 120 cm³/mol. The van der Waals surface area contributed by atoms with Crippen molar-refractivity contribution in [2.24, 2.45) is 0 Å². The van der Waals surface area contributed by atoms with Crippen LogP contribution in [0.1, 0.15) is 43.0 Å². The van der Waals surface area contributed by atoms with Crippen LogP contribution in [0.3, 0.4) is 0 Å². The van der Waals surface area contributed by atoms with Crippen molar-refractivity contribution in [2.45, 2.75) is 38.1 Å². The molecular weight excluding hydrogens is 415 g/mol. The van der Waals surface area contributed by atoms with Crippen molar-refractivity contribution >= 4 is 23.5 Å². The summed E-state index contributed by atoms with van der Waals surface area (Å²) >= 11 is 6.05. The van der Waals surface area contributed by atoms with Gasteiger partial charge in [0.15, 0.2) is 0 Å². The summed E-state index contributed by atoms with van der Waals surface area (Å²) in [6.07, 6.45) is 5.43. The number of rotatable bonds is 5. The third-order valence-corrected chi connectivity index (χ3v) is 5.92. The highest BCUT2D eigenvalue weighted by Crippen LogP contribution is 2.36. The summed E-state index contributed by atoms with van der Waals surface area (Å²) in [6.45, 7) is 0.677. The molecule has 160 valence electrons. The van der Waals surface area contributed by atoms with Gasteiger partial charge in [-0.3, -0.25) is 4.79 Å². The zero-order valence-corrected chi connectivity index (χ0v) is 17.9. The van der Waals surface area contributed by atoms with E-state index in [1.165, 1.54) is 12.1 Å². The average Bonchev–Trinajstić information content (AvgIpc) is 2.79. The van der Waals surface area contributed by atoms with Gasteiger partial charge in [-0.2, -0.15) is 0 Å². The molecule has 1 amide bonds. The van der Waals surface area contributed by atoms with Crippen LogP contribution < -0.4 is 5.73 Å². The van der Waals surface area contributed by atoms with E-state index in [-0.39, 0.29) is 23.7 Å². The number of nitrogens with two attached hydrogens (primary N) is 1. The summed E-state index contributed by atoms with van der Waals surface area (Å²) in [7, 11) is 0. The number of nitrogen functional groups attached to an aromatic ring is 1. The Morgan fingerprint density at radius 2 is 1.87 bits per heavy atom. The third kappa shape index (κ3) is 5.02. The maximum atomic E-state index is 13.2. The minimum absolute atomic E-state index is 0.0632.